The molecule has 0 saturated heterocycles. The van der Waals surface area contributed by atoms with E-state index in [-0.39, 0.29) is 0 Å². The first-order valence-corrected chi connectivity index (χ1v) is 7.21. The molecule has 1 nitrogen and oxygen atoms in total. The molecule has 0 spiro atoms. The summed E-state index contributed by atoms with van der Waals surface area (Å²) in [4.78, 5) is 0. The molecule has 1 heteroatoms. The van der Waals surface area contributed by atoms with E-state index in [0.717, 1.165) is 18.3 Å². The third-order valence-electron chi connectivity index (χ3n) is 4.68. The summed E-state index contributed by atoms with van der Waals surface area (Å²) in [6.45, 7) is 7.60. The lowest BCUT2D eigenvalue weighted by Crippen LogP contribution is -2.33. The van der Waals surface area contributed by atoms with E-state index in [2.05, 4.69) is 20.8 Å². The lowest BCUT2D eigenvalue weighted by atomic mass is 9.62. The maximum absolute atomic E-state index is 8.82. The van der Waals surface area contributed by atoms with E-state index in [9.17, 15) is 0 Å². The Morgan fingerprint density at radius 2 is 2.00 bits per heavy atom. The summed E-state index contributed by atoms with van der Waals surface area (Å²) >= 11 is 0. The number of hydrogen-bond donors (Lipinski definition) is 1. The van der Waals surface area contributed by atoms with Crippen LogP contribution in [0.15, 0.2) is 0 Å². The van der Waals surface area contributed by atoms with Gasteiger partial charge in [-0.1, -0.05) is 46.5 Å². The normalized spacial score (nSPS) is 30.9. The number of aliphatic hydroxyl groups is 1. The van der Waals surface area contributed by atoms with Crippen LogP contribution in [0.1, 0.15) is 72.1 Å². The highest BCUT2D eigenvalue weighted by molar-refractivity contribution is 4.87. The van der Waals surface area contributed by atoms with E-state index < -0.39 is 0 Å². The molecular weight excluding hydrogens is 196 g/mol. The van der Waals surface area contributed by atoms with Gasteiger partial charge < -0.3 is 5.11 Å². The number of unbranched alkanes of at least 4 members (excludes halogenated alkanes) is 2. The van der Waals surface area contributed by atoms with Crippen molar-refractivity contribution in [3.8, 4) is 0 Å². The van der Waals surface area contributed by atoms with Crippen LogP contribution in [0.25, 0.3) is 0 Å². The minimum Gasteiger partial charge on any atom is -0.396 e. The molecule has 1 aliphatic rings. The quantitative estimate of drug-likeness (QED) is 0.666. The summed E-state index contributed by atoms with van der Waals surface area (Å²) in [6.07, 6.45) is 10.6. The predicted octanol–water partition coefficient (Wildman–Crippen LogP) is 4.39. The van der Waals surface area contributed by atoms with Crippen LogP contribution in [0.3, 0.4) is 0 Å². The Morgan fingerprint density at radius 3 is 2.56 bits per heavy atom. The average Bonchev–Trinajstić information content (AvgIpc) is 2.24. The third-order valence-corrected chi connectivity index (χ3v) is 4.68. The van der Waals surface area contributed by atoms with E-state index in [1.807, 2.05) is 0 Å². The largest absolute Gasteiger partial charge is 0.396 e. The fourth-order valence-electron chi connectivity index (χ4n) is 3.51. The van der Waals surface area contributed by atoms with Crippen LogP contribution in [-0.2, 0) is 0 Å². The van der Waals surface area contributed by atoms with Crippen LogP contribution in [-0.4, -0.2) is 11.7 Å². The van der Waals surface area contributed by atoms with E-state index in [4.69, 9.17) is 5.11 Å². The van der Waals surface area contributed by atoms with E-state index in [1.54, 1.807) is 0 Å². The zero-order valence-electron chi connectivity index (χ0n) is 11.5. The molecule has 1 N–H and O–H groups in total. The third kappa shape index (κ3) is 3.76. The molecule has 1 rings (SSSR count). The Bertz CT molecular complexity index is 188. The van der Waals surface area contributed by atoms with Gasteiger partial charge in [0.2, 0.25) is 0 Å². The highest BCUT2D eigenvalue weighted by Crippen LogP contribution is 2.48. The topological polar surface area (TPSA) is 20.2 Å². The fraction of sp³-hybridized carbons (Fsp3) is 1.00. The van der Waals surface area contributed by atoms with Gasteiger partial charge in [0.1, 0.15) is 0 Å². The molecule has 2 unspecified atom stereocenters. The summed E-state index contributed by atoms with van der Waals surface area (Å²) < 4.78 is 0. The molecular formula is C15H30O. The second-order valence-corrected chi connectivity index (χ2v) is 6.25. The van der Waals surface area contributed by atoms with Gasteiger partial charge in [0.05, 0.1) is 0 Å². The summed E-state index contributed by atoms with van der Waals surface area (Å²) in [5, 5.41) is 8.82. The van der Waals surface area contributed by atoms with Crippen LogP contribution < -0.4 is 0 Å². The smallest absolute Gasteiger partial charge is 0.0431 e. The maximum atomic E-state index is 8.82. The Balaban J connectivity index is 2.45. The van der Waals surface area contributed by atoms with E-state index in [0.29, 0.717) is 12.0 Å². The van der Waals surface area contributed by atoms with Gasteiger partial charge in [-0.3, -0.25) is 0 Å². The highest BCUT2D eigenvalue weighted by atomic mass is 16.2. The average molecular weight is 226 g/mol. The van der Waals surface area contributed by atoms with Crippen LogP contribution in [0.5, 0.6) is 0 Å². The summed E-state index contributed by atoms with van der Waals surface area (Å²) in [5.74, 6) is 1.75. The zero-order chi connectivity index (χ0) is 12.0. The fourth-order valence-corrected chi connectivity index (χ4v) is 3.51. The molecule has 0 amide bonds. The van der Waals surface area contributed by atoms with Crippen LogP contribution >= 0.6 is 0 Å². The molecule has 0 aromatic heterocycles. The first-order valence-electron chi connectivity index (χ1n) is 7.21. The Hall–Kier alpha value is -0.0400. The van der Waals surface area contributed by atoms with Gasteiger partial charge >= 0.3 is 0 Å². The molecule has 0 radical (unpaired) electrons. The van der Waals surface area contributed by atoms with Crippen LogP contribution in [0, 0.1) is 17.3 Å². The SMILES string of the molecule is CC1CCCC(CCCCCO)(C(C)C)C1. The van der Waals surface area contributed by atoms with Crippen molar-refractivity contribution in [2.45, 2.75) is 72.1 Å². The first-order chi connectivity index (χ1) is 7.60. The van der Waals surface area contributed by atoms with Crippen LogP contribution in [0.2, 0.25) is 0 Å². The standard InChI is InChI=1S/C15H30O/c1-13(2)15(9-5-4-6-11-16)10-7-8-14(3)12-15/h13-14,16H,4-12H2,1-3H3. The highest BCUT2D eigenvalue weighted by Gasteiger charge is 2.36. The van der Waals surface area contributed by atoms with Crippen molar-refractivity contribution in [3.63, 3.8) is 0 Å². The summed E-state index contributed by atoms with van der Waals surface area (Å²) in [7, 11) is 0. The van der Waals surface area contributed by atoms with Crippen molar-refractivity contribution in [1.82, 2.24) is 0 Å². The predicted molar refractivity (Wildman–Crippen MR) is 70.5 cm³/mol. The Morgan fingerprint density at radius 1 is 1.25 bits per heavy atom. The van der Waals surface area contributed by atoms with Gasteiger partial charge in [-0.05, 0) is 42.9 Å². The van der Waals surface area contributed by atoms with Gasteiger partial charge in [0.25, 0.3) is 0 Å². The monoisotopic (exact) mass is 226 g/mol. The molecule has 0 bridgehead atoms. The van der Waals surface area contributed by atoms with Crippen molar-refractivity contribution in [2.24, 2.45) is 17.3 Å². The molecule has 96 valence electrons. The zero-order valence-corrected chi connectivity index (χ0v) is 11.5. The van der Waals surface area contributed by atoms with Gasteiger partial charge in [-0.15, -0.1) is 0 Å². The van der Waals surface area contributed by atoms with Crippen molar-refractivity contribution in [1.29, 1.82) is 0 Å². The minimum atomic E-state index is 0.366. The molecule has 1 fully saturated rings. The molecule has 1 saturated carbocycles. The molecule has 0 aromatic rings. The summed E-state index contributed by atoms with van der Waals surface area (Å²) in [5.41, 5.74) is 0.618. The number of hydrogen-bond acceptors (Lipinski definition) is 1. The second-order valence-electron chi connectivity index (χ2n) is 6.25. The Labute approximate surface area is 102 Å². The molecule has 0 aliphatic heterocycles. The van der Waals surface area contributed by atoms with Crippen molar-refractivity contribution in [2.75, 3.05) is 6.61 Å². The van der Waals surface area contributed by atoms with Crippen molar-refractivity contribution < 1.29 is 5.11 Å². The van der Waals surface area contributed by atoms with Gasteiger partial charge in [0.15, 0.2) is 0 Å². The number of rotatable bonds is 6. The lowest BCUT2D eigenvalue weighted by Gasteiger charge is -2.44. The second kappa shape index (κ2) is 6.64. The Kier molecular flexibility index (Phi) is 5.82. The lowest BCUT2D eigenvalue weighted by molar-refractivity contribution is 0.0721. The molecule has 2 atom stereocenters. The van der Waals surface area contributed by atoms with E-state index >= 15 is 0 Å². The molecule has 0 heterocycles. The van der Waals surface area contributed by atoms with Crippen molar-refractivity contribution in [3.05, 3.63) is 0 Å². The maximum Gasteiger partial charge on any atom is 0.0431 e. The molecule has 0 aromatic carbocycles. The minimum absolute atomic E-state index is 0.366. The first kappa shape index (κ1) is 14.0. The molecule has 16 heavy (non-hydrogen) atoms. The van der Waals surface area contributed by atoms with Gasteiger partial charge in [-0.2, -0.15) is 0 Å². The van der Waals surface area contributed by atoms with Gasteiger partial charge in [-0.25, -0.2) is 0 Å². The van der Waals surface area contributed by atoms with Crippen molar-refractivity contribution >= 4 is 0 Å². The van der Waals surface area contributed by atoms with E-state index in [1.165, 1.54) is 44.9 Å². The molecule has 1 aliphatic carbocycles. The van der Waals surface area contributed by atoms with Crippen LogP contribution in [0.4, 0.5) is 0 Å². The van der Waals surface area contributed by atoms with Gasteiger partial charge in [0, 0.05) is 6.61 Å². The summed E-state index contributed by atoms with van der Waals surface area (Å²) in [6, 6.07) is 0. The number of aliphatic hydroxyl groups excluding tert-OH is 1.